The minimum Gasteiger partial charge on any atom is -0.497 e. The number of carboxylic acid groups (broad SMARTS) is 1. The molecule has 104 valence electrons. The number of benzene rings is 1. The summed E-state index contributed by atoms with van der Waals surface area (Å²) in [6, 6.07) is 4.54. The first-order valence-corrected chi connectivity index (χ1v) is 6.09. The molecule has 0 spiro atoms. The Labute approximate surface area is 112 Å². The van der Waals surface area contributed by atoms with Crippen LogP contribution < -0.4 is 10.1 Å². The monoisotopic (exact) mass is 265 g/mol. The second-order valence-electron chi connectivity index (χ2n) is 4.74. The first-order chi connectivity index (χ1) is 8.86. The number of amides is 1. The van der Waals surface area contributed by atoms with Crippen LogP contribution in [0.2, 0.25) is 0 Å². The van der Waals surface area contributed by atoms with Crippen molar-refractivity contribution in [2.75, 3.05) is 12.4 Å². The highest BCUT2D eigenvalue weighted by molar-refractivity contribution is 6.01. The van der Waals surface area contributed by atoms with E-state index in [1.807, 2.05) is 20.8 Å². The number of carbonyl (C=O) groups is 2. The second-order valence-corrected chi connectivity index (χ2v) is 4.74. The van der Waals surface area contributed by atoms with Crippen molar-refractivity contribution < 1.29 is 19.4 Å². The minimum absolute atomic E-state index is 0.0173. The maximum absolute atomic E-state index is 11.9. The number of hydrogen-bond acceptors (Lipinski definition) is 3. The van der Waals surface area contributed by atoms with Crippen molar-refractivity contribution in [1.29, 1.82) is 0 Å². The van der Waals surface area contributed by atoms with Crippen LogP contribution in [-0.4, -0.2) is 24.1 Å². The van der Waals surface area contributed by atoms with E-state index in [2.05, 4.69) is 5.32 Å². The third-order valence-corrected chi connectivity index (χ3v) is 3.13. The Hall–Kier alpha value is -2.04. The smallest absolute Gasteiger partial charge is 0.337 e. The van der Waals surface area contributed by atoms with Crippen molar-refractivity contribution in [2.24, 2.45) is 11.8 Å². The lowest BCUT2D eigenvalue weighted by atomic mass is 9.97. The standard InChI is InChI=1S/C14H19NO4/c1-8(2)9(3)13(16)15-12-6-5-10(19-4)7-11(12)14(17)18/h5-9H,1-4H3,(H,15,16)(H,17,18). The predicted molar refractivity (Wildman–Crippen MR) is 72.6 cm³/mol. The molecule has 1 unspecified atom stereocenters. The molecule has 1 rings (SSSR count). The molecular weight excluding hydrogens is 246 g/mol. The lowest BCUT2D eigenvalue weighted by Gasteiger charge is -2.16. The number of hydrogen-bond donors (Lipinski definition) is 2. The topological polar surface area (TPSA) is 75.6 Å². The van der Waals surface area contributed by atoms with Crippen molar-refractivity contribution in [2.45, 2.75) is 20.8 Å². The molecule has 0 bridgehead atoms. The number of anilines is 1. The minimum atomic E-state index is -1.11. The molecule has 5 heteroatoms. The summed E-state index contributed by atoms with van der Waals surface area (Å²) in [4.78, 5) is 23.1. The van der Waals surface area contributed by atoms with Crippen LogP contribution in [0.15, 0.2) is 18.2 Å². The van der Waals surface area contributed by atoms with E-state index in [-0.39, 0.29) is 29.0 Å². The van der Waals surface area contributed by atoms with Gasteiger partial charge in [0.05, 0.1) is 18.4 Å². The fourth-order valence-corrected chi connectivity index (χ4v) is 1.49. The summed E-state index contributed by atoms with van der Waals surface area (Å²) < 4.78 is 4.97. The molecule has 1 atom stereocenters. The van der Waals surface area contributed by atoms with Crippen molar-refractivity contribution >= 4 is 17.6 Å². The highest BCUT2D eigenvalue weighted by Gasteiger charge is 2.19. The summed E-state index contributed by atoms with van der Waals surface area (Å²) in [7, 11) is 1.46. The molecule has 1 aromatic carbocycles. The van der Waals surface area contributed by atoms with Crippen LogP contribution in [-0.2, 0) is 4.79 Å². The summed E-state index contributed by atoms with van der Waals surface area (Å²) in [6.45, 7) is 5.69. The van der Waals surface area contributed by atoms with Gasteiger partial charge in [0.2, 0.25) is 5.91 Å². The second kappa shape index (κ2) is 6.22. The van der Waals surface area contributed by atoms with Crippen LogP contribution in [0.3, 0.4) is 0 Å². The fraction of sp³-hybridized carbons (Fsp3) is 0.429. The summed E-state index contributed by atoms with van der Waals surface area (Å²) >= 11 is 0. The van der Waals surface area contributed by atoms with E-state index < -0.39 is 5.97 Å². The van der Waals surface area contributed by atoms with Crippen LogP contribution in [0.25, 0.3) is 0 Å². The van der Waals surface area contributed by atoms with Crippen LogP contribution in [0.1, 0.15) is 31.1 Å². The largest absolute Gasteiger partial charge is 0.497 e. The van der Waals surface area contributed by atoms with Gasteiger partial charge in [0.25, 0.3) is 0 Å². The average Bonchev–Trinajstić information content (AvgIpc) is 2.37. The Bertz CT molecular complexity index is 482. The quantitative estimate of drug-likeness (QED) is 0.858. The van der Waals surface area contributed by atoms with Gasteiger partial charge >= 0.3 is 5.97 Å². The lowest BCUT2D eigenvalue weighted by molar-refractivity contribution is -0.120. The Kier molecular flexibility index (Phi) is 4.92. The van der Waals surface area contributed by atoms with Gasteiger partial charge in [-0.1, -0.05) is 20.8 Å². The zero-order chi connectivity index (χ0) is 14.6. The molecule has 0 aliphatic carbocycles. The molecule has 0 fully saturated rings. The van der Waals surface area contributed by atoms with Gasteiger partial charge in [0, 0.05) is 5.92 Å². The molecule has 0 saturated heterocycles. The maximum atomic E-state index is 11.9. The first-order valence-electron chi connectivity index (χ1n) is 6.09. The molecule has 0 saturated carbocycles. The highest BCUT2D eigenvalue weighted by Crippen LogP contribution is 2.23. The van der Waals surface area contributed by atoms with Gasteiger partial charge in [-0.25, -0.2) is 4.79 Å². The SMILES string of the molecule is COc1ccc(NC(=O)C(C)C(C)C)c(C(=O)O)c1. The molecule has 2 N–H and O–H groups in total. The summed E-state index contributed by atoms with van der Waals surface area (Å²) in [6.07, 6.45) is 0. The highest BCUT2D eigenvalue weighted by atomic mass is 16.5. The van der Waals surface area contributed by atoms with E-state index >= 15 is 0 Å². The molecule has 5 nitrogen and oxygen atoms in total. The van der Waals surface area contributed by atoms with Gasteiger partial charge in [-0.15, -0.1) is 0 Å². The molecule has 0 aliphatic rings. The zero-order valence-electron chi connectivity index (χ0n) is 11.6. The number of carboxylic acids is 1. The third-order valence-electron chi connectivity index (χ3n) is 3.13. The summed E-state index contributed by atoms with van der Waals surface area (Å²) in [5.41, 5.74) is 0.300. The number of aromatic carboxylic acids is 1. The van der Waals surface area contributed by atoms with Gasteiger partial charge in [-0.3, -0.25) is 4.79 Å². The molecular formula is C14H19NO4. The average molecular weight is 265 g/mol. The van der Waals surface area contributed by atoms with Crippen LogP contribution >= 0.6 is 0 Å². The van der Waals surface area contributed by atoms with Crippen molar-refractivity contribution in [3.8, 4) is 5.75 Å². The number of nitrogens with one attached hydrogen (secondary N) is 1. The zero-order valence-corrected chi connectivity index (χ0v) is 11.6. The van der Waals surface area contributed by atoms with Crippen molar-refractivity contribution in [3.63, 3.8) is 0 Å². The van der Waals surface area contributed by atoms with E-state index in [9.17, 15) is 9.59 Å². The molecule has 0 aromatic heterocycles. The third kappa shape index (κ3) is 3.71. The lowest BCUT2D eigenvalue weighted by Crippen LogP contribution is -2.25. The van der Waals surface area contributed by atoms with Gasteiger partial charge in [-0.2, -0.15) is 0 Å². The first kappa shape index (κ1) is 15.0. The number of methoxy groups -OCH3 is 1. The maximum Gasteiger partial charge on any atom is 0.337 e. The van der Waals surface area contributed by atoms with Gasteiger partial charge in [0.1, 0.15) is 5.75 Å². The van der Waals surface area contributed by atoms with Crippen molar-refractivity contribution in [1.82, 2.24) is 0 Å². The Balaban J connectivity index is 3.01. The van der Waals surface area contributed by atoms with Crippen LogP contribution in [0, 0.1) is 11.8 Å². The normalized spacial score (nSPS) is 12.1. The molecule has 0 aliphatic heterocycles. The summed E-state index contributed by atoms with van der Waals surface area (Å²) in [5.74, 6) is -0.864. The van der Waals surface area contributed by atoms with Gasteiger partial charge in [-0.05, 0) is 24.1 Å². The molecule has 0 heterocycles. The Morgan fingerprint density at radius 1 is 1.26 bits per heavy atom. The number of ether oxygens (including phenoxy) is 1. The van der Waals surface area contributed by atoms with Crippen LogP contribution in [0.5, 0.6) is 5.75 Å². The molecule has 1 amide bonds. The van der Waals surface area contributed by atoms with Gasteiger partial charge < -0.3 is 15.2 Å². The molecule has 19 heavy (non-hydrogen) atoms. The predicted octanol–water partition coefficient (Wildman–Crippen LogP) is 2.62. The van der Waals surface area contributed by atoms with E-state index in [1.54, 1.807) is 6.07 Å². The van der Waals surface area contributed by atoms with Crippen molar-refractivity contribution in [3.05, 3.63) is 23.8 Å². The molecule has 1 aromatic rings. The van der Waals surface area contributed by atoms with E-state index in [4.69, 9.17) is 9.84 Å². The van der Waals surface area contributed by atoms with E-state index in [1.165, 1.54) is 19.2 Å². The van der Waals surface area contributed by atoms with E-state index in [0.29, 0.717) is 5.75 Å². The summed E-state index contributed by atoms with van der Waals surface area (Å²) in [5, 5.41) is 11.8. The Morgan fingerprint density at radius 3 is 2.37 bits per heavy atom. The number of rotatable bonds is 5. The van der Waals surface area contributed by atoms with Crippen LogP contribution in [0.4, 0.5) is 5.69 Å². The van der Waals surface area contributed by atoms with Gasteiger partial charge in [0.15, 0.2) is 0 Å². The number of carbonyl (C=O) groups excluding carboxylic acids is 1. The molecule has 0 radical (unpaired) electrons. The Morgan fingerprint density at radius 2 is 1.89 bits per heavy atom. The fourth-order valence-electron chi connectivity index (χ4n) is 1.49. The van der Waals surface area contributed by atoms with E-state index in [0.717, 1.165) is 0 Å².